The third-order valence-corrected chi connectivity index (χ3v) is 1.95. The van der Waals surface area contributed by atoms with Gasteiger partial charge in [0.1, 0.15) is 0 Å². The minimum absolute atomic E-state index is 0.333. The van der Waals surface area contributed by atoms with Gasteiger partial charge in [-0.15, -0.1) is 0 Å². The average Bonchev–Trinajstić information content (AvgIpc) is 2.55. The van der Waals surface area contributed by atoms with Gasteiger partial charge >= 0.3 is 0 Å². The number of nitrogens with zero attached hydrogens (tertiary/aromatic N) is 1. The second-order valence-corrected chi connectivity index (χ2v) is 2.80. The maximum Gasteiger partial charge on any atom is 0.167 e. The summed E-state index contributed by atoms with van der Waals surface area (Å²) >= 11 is 0. The lowest BCUT2D eigenvalue weighted by atomic mass is 10.2. The summed E-state index contributed by atoms with van der Waals surface area (Å²) in [4.78, 5) is 0. The molecule has 0 aliphatic carbocycles. The Morgan fingerprint density at radius 1 is 1.73 bits per heavy atom. The molecule has 0 amide bonds. The molecule has 1 aliphatic heterocycles. The van der Waals surface area contributed by atoms with Gasteiger partial charge in [0.05, 0.1) is 6.04 Å². The number of rotatable bonds is 1. The minimum Gasteiger partial charge on any atom is -0.381 e. The highest BCUT2D eigenvalue weighted by molar-refractivity contribution is 5.28. The molecule has 4 nitrogen and oxygen atoms in total. The number of nitrogens with one attached hydrogen (secondary N) is 1. The van der Waals surface area contributed by atoms with Crippen molar-refractivity contribution < 1.29 is 4.52 Å². The minimum atomic E-state index is 0.333. The summed E-state index contributed by atoms with van der Waals surface area (Å²) in [5.74, 6) is 1.33. The van der Waals surface area contributed by atoms with Crippen molar-refractivity contribution in [3.8, 4) is 0 Å². The van der Waals surface area contributed by atoms with E-state index in [4.69, 9.17) is 10.3 Å². The SMILES string of the molecule is Nc1cc(C2CCCN2)on1. The second-order valence-electron chi connectivity index (χ2n) is 2.80. The maximum atomic E-state index is 5.41. The van der Waals surface area contributed by atoms with E-state index >= 15 is 0 Å². The molecule has 1 atom stereocenters. The highest BCUT2D eigenvalue weighted by Gasteiger charge is 2.19. The number of nitrogens with two attached hydrogens (primary N) is 1. The molecule has 1 saturated heterocycles. The van der Waals surface area contributed by atoms with Crippen molar-refractivity contribution >= 4 is 5.82 Å². The molecule has 60 valence electrons. The fraction of sp³-hybridized carbons (Fsp3) is 0.571. The van der Waals surface area contributed by atoms with Gasteiger partial charge < -0.3 is 15.6 Å². The van der Waals surface area contributed by atoms with Crippen LogP contribution in [0.2, 0.25) is 0 Å². The Kier molecular flexibility index (Phi) is 1.54. The lowest BCUT2D eigenvalue weighted by Gasteiger charge is -2.02. The van der Waals surface area contributed by atoms with Crippen LogP contribution >= 0.6 is 0 Å². The van der Waals surface area contributed by atoms with Gasteiger partial charge in [0.25, 0.3) is 0 Å². The molecule has 1 aliphatic rings. The van der Waals surface area contributed by atoms with Crippen LogP contribution in [-0.2, 0) is 0 Å². The zero-order valence-corrected chi connectivity index (χ0v) is 6.21. The van der Waals surface area contributed by atoms with E-state index in [0.29, 0.717) is 11.9 Å². The number of hydrogen-bond donors (Lipinski definition) is 2. The predicted octanol–water partition coefficient (Wildman–Crippen LogP) is 0.681. The van der Waals surface area contributed by atoms with Crippen LogP contribution in [0.1, 0.15) is 24.6 Å². The third-order valence-electron chi connectivity index (χ3n) is 1.95. The quantitative estimate of drug-likeness (QED) is 0.622. The van der Waals surface area contributed by atoms with Crippen molar-refractivity contribution in [2.75, 3.05) is 12.3 Å². The van der Waals surface area contributed by atoms with E-state index in [1.54, 1.807) is 6.07 Å². The van der Waals surface area contributed by atoms with Gasteiger partial charge in [0, 0.05) is 6.07 Å². The largest absolute Gasteiger partial charge is 0.381 e. The molecule has 0 aromatic carbocycles. The maximum absolute atomic E-state index is 5.41. The Balaban J connectivity index is 2.15. The van der Waals surface area contributed by atoms with Gasteiger partial charge in [-0.05, 0) is 19.4 Å². The Morgan fingerprint density at radius 3 is 3.18 bits per heavy atom. The van der Waals surface area contributed by atoms with E-state index in [1.165, 1.54) is 6.42 Å². The van der Waals surface area contributed by atoms with E-state index in [-0.39, 0.29) is 0 Å². The van der Waals surface area contributed by atoms with Gasteiger partial charge in [-0.25, -0.2) is 0 Å². The summed E-state index contributed by atoms with van der Waals surface area (Å²) in [5.41, 5.74) is 5.41. The molecule has 1 unspecified atom stereocenters. The summed E-state index contributed by atoms with van der Waals surface area (Å²) < 4.78 is 5.01. The van der Waals surface area contributed by atoms with Crippen molar-refractivity contribution in [3.63, 3.8) is 0 Å². The molecule has 0 bridgehead atoms. The van der Waals surface area contributed by atoms with E-state index in [2.05, 4.69) is 10.5 Å². The molecule has 0 saturated carbocycles. The first-order chi connectivity index (χ1) is 5.36. The Hall–Kier alpha value is -1.03. The van der Waals surface area contributed by atoms with Crippen LogP contribution in [-0.4, -0.2) is 11.7 Å². The topological polar surface area (TPSA) is 64.1 Å². The molecule has 1 aromatic rings. The molecule has 3 N–H and O–H groups in total. The standard InChI is InChI=1S/C7H11N3O/c8-7-4-6(11-10-7)5-2-1-3-9-5/h4-5,9H,1-3H2,(H2,8,10). The highest BCUT2D eigenvalue weighted by Crippen LogP contribution is 2.23. The first-order valence-electron chi connectivity index (χ1n) is 3.82. The predicted molar refractivity (Wildman–Crippen MR) is 40.9 cm³/mol. The number of nitrogen functional groups attached to an aromatic ring is 1. The van der Waals surface area contributed by atoms with Crippen molar-refractivity contribution in [2.24, 2.45) is 0 Å². The van der Waals surface area contributed by atoms with Crippen LogP contribution in [0, 0.1) is 0 Å². The van der Waals surface area contributed by atoms with E-state index in [1.807, 2.05) is 0 Å². The van der Waals surface area contributed by atoms with Gasteiger partial charge in [0.15, 0.2) is 11.6 Å². The monoisotopic (exact) mass is 153 g/mol. The van der Waals surface area contributed by atoms with Crippen molar-refractivity contribution in [1.82, 2.24) is 10.5 Å². The zero-order valence-electron chi connectivity index (χ0n) is 6.21. The lowest BCUT2D eigenvalue weighted by Crippen LogP contribution is -2.11. The van der Waals surface area contributed by atoms with Crippen LogP contribution in [0.4, 0.5) is 5.82 Å². The summed E-state index contributed by atoms with van der Waals surface area (Å²) in [6, 6.07) is 2.11. The normalized spacial score (nSPS) is 24.2. The van der Waals surface area contributed by atoms with Crippen molar-refractivity contribution in [3.05, 3.63) is 11.8 Å². The van der Waals surface area contributed by atoms with Crippen molar-refractivity contribution in [1.29, 1.82) is 0 Å². The van der Waals surface area contributed by atoms with Crippen LogP contribution in [0.25, 0.3) is 0 Å². The van der Waals surface area contributed by atoms with E-state index in [9.17, 15) is 0 Å². The Labute approximate surface area is 64.7 Å². The Morgan fingerprint density at radius 2 is 2.64 bits per heavy atom. The zero-order chi connectivity index (χ0) is 7.68. The smallest absolute Gasteiger partial charge is 0.167 e. The molecular weight excluding hydrogens is 142 g/mol. The lowest BCUT2D eigenvalue weighted by molar-refractivity contribution is 0.353. The molecule has 0 spiro atoms. The fourth-order valence-corrected chi connectivity index (χ4v) is 1.40. The molecule has 1 fully saturated rings. The van der Waals surface area contributed by atoms with Gasteiger partial charge in [-0.1, -0.05) is 5.16 Å². The summed E-state index contributed by atoms with van der Waals surface area (Å²) in [6.07, 6.45) is 2.32. The third kappa shape index (κ3) is 1.21. The second kappa shape index (κ2) is 2.54. The molecule has 1 aromatic heterocycles. The van der Waals surface area contributed by atoms with Crippen LogP contribution in [0.3, 0.4) is 0 Å². The van der Waals surface area contributed by atoms with Crippen LogP contribution in [0.5, 0.6) is 0 Å². The van der Waals surface area contributed by atoms with E-state index < -0.39 is 0 Å². The number of aromatic nitrogens is 1. The first-order valence-corrected chi connectivity index (χ1v) is 3.82. The van der Waals surface area contributed by atoms with Crippen molar-refractivity contribution in [2.45, 2.75) is 18.9 Å². The highest BCUT2D eigenvalue weighted by atomic mass is 16.5. The number of hydrogen-bond acceptors (Lipinski definition) is 4. The van der Waals surface area contributed by atoms with Crippen LogP contribution in [0.15, 0.2) is 10.6 Å². The Bertz CT molecular complexity index is 240. The number of anilines is 1. The summed E-state index contributed by atoms with van der Waals surface area (Å²) in [5, 5.41) is 6.92. The molecular formula is C7H11N3O. The van der Waals surface area contributed by atoms with Gasteiger partial charge in [-0.3, -0.25) is 0 Å². The molecule has 2 rings (SSSR count). The summed E-state index contributed by atoms with van der Waals surface area (Å²) in [7, 11) is 0. The average molecular weight is 153 g/mol. The van der Waals surface area contributed by atoms with Crippen LogP contribution < -0.4 is 11.1 Å². The molecule has 11 heavy (non-hydrogen) atoms. The van der Waals surface area contributed by atoms with Gasteiger partial charge in [-0.2, -0.15) is 0 Å². The summed E-state index contributed by atoms with van der Waals surface area (Å²) in [6.45, 7) is 1.06. The van der Waals surface area contributed by atoms with E-state index in [0.717, 1.165) is 18.7 Å². The molecule has 4 heteroatoms. The molecule has 2 heterocycles. The molecule has 0 radical (unpaired) electrons. The first kappa shape index (κ1) is 6.67. The van der Waals surface area contributed by atoms with Gasteiger partial charge in [0.2, 0.25) is 0 Å². The fourth-order valence-electron chi connectivity index (χ4n) is 1.40.